The summed E-state index contributed by atoms with van der Waals surface area (Å²) >= 11 is 0. The van der Waals surface area contributed by atoms with Crippen molar-refractivity contribution in [2.24, 2.45) is 5.41 Å². The van der Waals surface area contributed by atoms with Gasteiger partial charge in [-0.05, 0) is 20.3 Å². The zero-order valence-electron chi connectivity index (χ0n) is 12.0. The maximum absolute atomic E-state index is 12.0. The number of hydrogen-bond donors (Lipinski definition) is 0. The van der Waals surface area contributed by atoms with Crippen LogP contribution in [0.4, 0.5) is 0 Å². The van der Waals surface area contributed by atoms with Gasteiger partial charge in [0.15, 0.2) is 5.41 Å². The van der Waals surface area contributed by atoms with Gasteiger partial charge in [0.25, 0.3) is 0 Å². The molecule has 0 aliphatic carbocycles. The van der Waals surface area contributed by atoms with E-state index in [0.717, 1.165) is 0 Å². The molecule has 0 spiro atoms. The molecule has 0 saturated heterocycles. The highest BCUT2D eigenvalue weighted by Crippen LogP contribution is 2.30. The van der Waals surface area contributed by atoms with Crippen LogP contribution < -0.4 is 0 Å². The first-order valence-electron chi connectivity index (χ1n) is 6.42. The Labute approximate surface area is 113 Å². The summed E-state index contributed by atoms with van der Waals surface area (Å²) in [5, 5.41) is 0. The molecule has 0 rings (SSSR count). The van der Waals surface area contributed by atoms with Crippen LogP contribution in [0.15, 0.2) is 0 Å². The summed E-state index contributed by atoms with van der Waals surface area (Å²) in [4.78, 5) is 34.8. The van der Waals surface area contributed by atoms with E-state index in [9.17, 15) is 14.4 Å². The Kier molecular flexibility index (Phi) is 7.79. The summed E-state index contributed by atoms with van der Waals surface area (Å²) in [5.41, 5.74) is -1.40. The predicted molar refractivity (Wildman–Crippen MR) is 67.2 cm³/mol. The minimum Gasteiger partial charge on any atom is -0.466 e. The maximum atomic E-state index is 12.0. The first kappa shape index (κ1) is 17.4. The van der Waals surface area contributed by atoms with Crippen LogP contribution in [-0.4, -0.2) is 37.7 Å². The molecule has 0 N–H and O–H groups in total. The Morgan fingerprint density at radius 2 is 1.37 bits per heavy atom. The fourth-order valence-corrected chi connectivity index (χ4v) is 1.66. The molecule has 0 fully saturated rings. The first-order valence-corrected chi connectivity index (χ1v) is 6.42. The number of carbonyl (C=O) groups is 3. The van der Waals surface area contributed by atoms with E-state index in [1.54, 1.807) is 20.8 Å². The molecule has 0 radical (unpaired) electrons. The van der Waals surface area contributed by atoms with Crippen LogP contribution in [0.25, 0.3) is 0 Å². The Morgan fingerprint density at radius 1 is 0.895 bits per heavy atom. The second-order valence-corrected chi connectivity index (χ2v) is 3.97. The van der Waals surface area contributed by atoms with Crippen LogP contribution in [0.5, 0.6) is 0 Å². The van der Waals surface area contributed by atoms with E-state index in [2.05, 4.69) is 0 Å². The van der Waals surface area contributed by atoms with Gasteiger partial charge < -0.3 is 14.2 Å². The maximum Gasteiger partial charge on any atom is 0.323 e. The van der Waals surface area contributed by atoms with Crippen LogP contribution >= 0.6 is 0 Å². The SMILES string of the molecule is CCOC(=O)C(CC)(CCOC(C)=O)C(=O)OCC. The smallest absolute Gasteiger partial charge is 0.323 e. The molecule has 0 bridgehead atoms. The average Bonchev–Trinajstić information content (AvgIpc) is 2.35. The standard InChI is InChI=1S/C13H22O6/c1-5-13(11(15)17-6-2,12(16)18-7-3)8-9-19-10(4)14/h5-9H2,1-4H3. The molecule has 110 valence electrons. The number of hydrogen-bond acceptors (Lipinski definition) is 6. The topological polar surface area (TPSA) is 78.9 Å². The molecule has 6 nitrogen and oxygen atoms in total. The highest BCUT2D eigenvalue weighted by Gasteiger charge is 2.47. The zero-order valence-corrected chi connectivity index (χ0v) is 12.0. The molecule has 6 heteroatoms. The predicted octanol–water partition coefficient (Wildman–Crippen LogP) is 1.46. The largest absolute Gasteiger partial charge is 0.466 e. The lowest BCUT2D eigenvalue weighted by atomic mass is 9.82. The van der Waals surface area contributed by atoms with Gasteiger partial charge in [0.2, 0.25) is 0 Å². The van der Waals surface area contributed by atoms with Crippen molar-refractivity contribution >= 4 is 17.9 Å². The lowest BCUT2D eigenvalue weighted by molar-refractivity contribution is -0.175. The summed E-state index contributed by atoms with van der Waals surface area (Å²) in [5.74, 6) is -1.73. The minimum atomic E-state index is -1.40. The molecular weight excluding hydrogens is 252 g/mol. The summed E-state index contributed by atoms with van der Waals surface area (Å²) in [6.45, 7) is 6.61. The fraction of sp³-hybridized carbons (Fsp3) is 0.769. The normalized spacial score (nSPS) is 10.7. The molecule has 0 aliphatic rings. The van der Waals surface area contributed by atoms with Gasteiger partial charge in [0, 0.05) is 13.3 Å². The molecule has 0 aromatic carbocycles. The third-order valence-electron chi connectivity index (χ3n) is 2.77. The van der Waals surface area contributed by atoms with Gasteiger partial charge in [-0.2, -0.15) is 0 Å². The lowest BCUT2D eigenvalue weighted by Crippen LogP contribution is -2.42. The third-order valence-corrected chi connectivity index (χ3v) is 2.77. The second kappa shape index (κ2) is 8.50. The van der Waals surface area contributed by atoms with Gasteiger partial charge in [-0.3, -0.25) is 14.4 Å². The molecule has 0 aromatic rings. The van der Waals surface area contributed by atoms with Crippen LogP contribution in [0, 0.1) is 5.41 Å². The monoisotopic (exact) mass is 274 g/mol. The Bertz CT molecular complexity index is 305. The molecule has 0 saturated carbocycles. The number of rotatable bonds is 8. The molecule has 0 heterocycles. The Morgan fingerprint density at radius 3 is 1.68 bits per heavy atom. The van der Waals surface area contributed by atoms with Gasteiger partial charge in [-0.1, -0.05) is 6.92 Å². The van der Waals surface area contributed by atoms with E-state index < -0.39 is 23.3 Å². The van der Waals surface area contributed by atoms with Crippen LogP contribution in [0.1, 0.15) is 40.5 Å². The Hall–Kier alpha value is -1.59. The highest BCUT2D eigenvalue weighted by atomic mass is 16.6. The van der Waals surface area contributed by atoms with Crippen LogP contribution in [0.2, 0.25) is 0 Å². The van der Waals surface area contributed by atoms with Crippen molar-refractivity contribution < 1.29 is 28.6 Å². The quantitative estimate of drug-likeness (QED) is 0.379. The van der Waals surface area contributed by atoms with Crippen LogP contribution in [-0.2, 0) is 28.6 Å². The zero-order chi connectivity index (χ0) is 14.9. The summed E-state index contributed by atoms with van der Waals surface area (Å²) in [6, 6.07) is 0. The van der Waals surface area contributed by atoms with Gasteiger partial charge in [-0.25, -0.2) is 0 Å². The van der Waals surface area contributed by atoms with Gasteiger partial charge in [0.05, 0.1) is 19.8 Å². The molecular formula is C13H22O6. The van der Waals surface area contributed by atoms with Gasteiger partial charge in [-0.15, -0.1) is 0 Å². The molecule has 0 amide bonds. The van der Waals surface area contributed by atoms with E-state index in [0.29, 0.717) is 0 Å². The molecule has 19 heavy (non-hydrogen) atoms. The summed E-state index contributed by atoms with van der Waals surface area (Å²) in [7, 11) is 0. The van der Waals surface area contributed by atoms with Gasteiger partial charge in [0.1, 0.15) is 0 Å². The second-order valence-electron chi connectivity index (χ2n) is 3.97. The third kappa shape index (κ3) is 4.89. The van der Waals surface area contributed by atoms with E-state index in [-0.39, 0.29) is 32.7 Å². The van der Waals surface area contributed by atoms with E-state index in [4.69, 9.17) is 14.2 Å². The average molecular weight is 274 g/mol. The van der Waals surface area contributed by atoms with Crippen molar-refractivity contribution in [3.63, 3.8) is 0 Å². The fourth-order valence-electron chi connectivity index (χ4n) is 1.66. The summed E-state index contributed by atoms with van der Waals surface area (Å²) < 4.78 is 14.7. The number of esters is 3. The Balaban J connectivity index is 4.99. The number of ether oxygens (including phenoxy) is 3. The molecule has 0 unspecified atom stereocenters. The van der Waals surface area contributed by atoms with Gasteiger partial charge >= 0.3 is 17.9 Å². The van der Waals surface area contributed by atoms with E-state index in [1.807, 2.05) is 0 Å². The van der Waals surface area contributed by atoms with E-state index in [1.165, 1.54) is 6.92 Å². The lowest BCUT2D eigenvalue weighted by Gasteiger charge is -2.27. The highest BCUT2D eigenvalue weighted by molar-refractivity contribution is 6.00. The minimum absolute atomic E-state index is 0.0270. The van der Waals surface area contributed by atoms with Crippen molar-refractivity contribution in [2.75, 3.05) is 19.8 Å². The van der Waals surface area contributed by atoms with Crippen LogP contribution in [0.3, 0.4) is 0 Å². The van der Waals surface area contributed by atoms with Crippen molar-refractivity contribution in [3.05, 3.63) is 0 Å². The van der Waals surface area contributed by atoms with Crippen molar-refractivity contribution in [2.45, 2.75) is 40.5 Å². The van der Waals surface area contributed by atoms with Crippen molar-refractivity contribution in [1.29, 1.82) is 0 Å². The summed E-state index contributed by atoms with van der Waals surface area (Å²) in [6.07, 6.45) is 0.284. The van der Waals surface area contributed by atoms with Crippen molar-refractivity contribution in [1.82, 2.24) is 0 Å². The first-order chi connectivity index (χ1) is 8.94. The molecule has 0 atom stereocenters. The number of carbonyl (C=O) groups excluding carboxylic acids is 3. The van der Waals surface area contributed by atoms with Crippen molar-refractivity contribution in [3.8, 4) is 0 Å². The molecule has 0 aliphatic heterocycles. The molecule has 0 aromatic heterocycles. The van der Waals surface area contributed by atoms with E-state index >= 15 is 0 Å².